The summed E-state index contributed by atoms with van der Waals surface area (Å²) in [5, 5.41) is 7.10. The van der Waals surface area contributed by atoms with E-state index in [1.165, 1.54) is 0 Å². The molecule has 3 rings (SSSR count). The van der Waals surface area contributed by atoms with Gasteiger partial charge >= 0.3 is 6.03 Å². The van der Waals surface area contributed by atoms with Gasteiger partial charge in [-0.3, -0.25) is 0 Å². The molecule has 6 nitrogen and oxygen atoms in total. The average Bonchev–Trinajstić information content (AvgIpc) is 3.19. The third-order valence-corrected chi connectivity index (χ3v) is 3.69. The maximum atomic E-state index is 12.4. The lowest BCUT2D eigenvalue weighted by Gasteiger charge is -2.18. The molecule has 1 aromatic carbocycles. The third-order valence-electron chi connectivity index (χ3n) is 3.27. The van der Waals surface area contributed by atoms with Crippen molar-refractivity contribution in [3.63, 3.8) is 0 Å². The molecule has 0 aliphatic rings. The van der Waals surface area contributed by atoms with E-state index in [1.54, 1.807) is 28.9 Å². The largest absolute Gasteiger partial charge is 0.452 e. The van der Waals surface area contributed by atoms with Crippen molar-refractivity contribution in [3.8, 4) is 5.69 Å². The van der Waals surface area contributed by atoms with Crippen molar-refractivity contribution in [1.82, 2.24) is 14.7 Å². The minimum absolute atomic E-state index is 0.225. The van der Waals surface area contributed by atoms with Crippen LogP contribution in [0.3, 0.4) is 0 Å². The van der Waals surface area contributed by atoms with Crippen molar-refractivity contribution < 1.29 is 9.21 Å². The van der Waals surface area contributed by atoms with Gasteiger partial charge in [0.25, 0.3) is 0 Å². The Bertz CT molecular complexity index is 798. The van der Waals surface area contributed by atoms with E-state index >= 15 is 0 Å². The highest BCUT2D eigenvalue weighted by Crippen LogP contribution is 2.20. The summed E-state index contributed by atoms with van der Waals surface area (Å²) in [7, 11) is 1.71. The normalized spacial score (nSPS) is 10.5. The Hall–Kier alpha value is -2.54. The molecule has 0 fully saturated rings. The minimum atomic E-state index is -0.225. The second-order valence-electron chi connectivity index (χ2n) is 4.96. The van der Waals surface area contributed by atoms with E-state index in [0.29, 0.717) is 22.7 Å². The number of para-hydroxylation sites is 2. The second kappa shape index (κ2) is 6.70. The standard InChI is InChI=1S/C16H15BrN4O2/c1-20(11-12-7-8-15(17)23-12)16(22)19-13-5-2-3-6-14(13)21-10-4-9-18-21/h2-10H,11H2,1H3,(H,19,22). The molecule has 2 aromatic heterocycles. The Balaban J connectivity index is 1.73. The number of amides is 2. The van der Waals surface area contributed by atoms with Gasteiger partial charge in [0.2, 0.25) is 0 Å². The predicted octanol–water partition coefficient (Wildman–Crippen LogP) is 3.89. The number of nitrogens with zero attached hydrogens (tertiary/aromatic N) is 3. The van der Waals surface area contributed by atoms with E-state index < -0.39 is 0 Å². The minimum Gasteiger partial charge on any atom is -0.452 e. The highest BCUT2D eigenvalue weighted by molar-refractivity contribution is 9.10. The van der Waals surface area contributed by atoms with E-state index in [4.69, 9.17) is 4.42 Å². The first kappa shape index (κ1) is 15.4. The van der Waals surface area contributed by atoms with Crippen molar-refractivity contribution >= 4 is 27.6 Å². The van der Waals surface area contributed by atoms with E-state index in [9.17, 15) is 4.79 Å². The topological polar surface area (TPSA) is 63.3 Å². The zero-order chi connectivity index (χ0) is 16.2. The smallest absolute Gasteiger partial charge is 0.322 e. The molecule has 0 atom stereocenters. The molecule has 0 aliphatic heterocycles. The van der Waals surface area contributed by atoms with Crippen LogP contribution in [-0.4, -0.2) is 27.8 Å². The van der Waals surface area contributed by atoms with Crippen molar-refractivity contribution in [1.29, 1.82) is 0 Å². The number of anilines is 1. The zero-order valence-corrected chi connectivity index (χ0v) is 14.0. The van der Waals surface area contributed by atoms with Gasteiger partial charge in [0, 0.05) is 19.4 Å². The first-order valence-corrected chi connectivity index (χ1v) is 7.78. The van der Waals surface area contributed by atoms with Gasteiger partial charge in [0.05, 0.1) is 17.9 Å². The number of carbonyl (C=O) groups excluding carboxylic acids is 1. The first-order valence-electron chi connectivity index (χ1n) is 6.99. The fourth-order valence-electron chi connectivity index (χ4n) is 2.14. The summed E-state index contributed by atoms with van der Waals surface area (Å²) in [6, 6.07) is 12.7. The lowest BCUT2D eigenvalue weighted by Crippen LogP contribution is -2.31. The summed E-state index contributed by atoms with van der Waals surface area (Å²) >= 11 is 3.25. The number of hydrogen-bond donors (Lipinski definition) is 1. The third kappa shape index (κ3) is 3.62. The van der Waals surface area contributed by atoms with Crippen LogP contribution < -0.4 is 5.32 Å². The maximum absolute atomic E-state index is 12.4. The number of benzene rings is 1. The van der Waals surface area contributed by atoms with Crippen molar-refractivity contribution in [2.75, 3.05) is 12.4 Å². The Morgan fingerprint density at radius 1 is 1.30 bits per heavy atom. The summed E-state index contributed by atoms with van der Waals surface area (Å²) in [4.78, 5) is 13.9. The summed E-state index contributed by atoms with van der Waals surface area (Å²) in [6.45, 7) is 0.376. The van der Waals surface area contributed by atoms with Gasteiger partial charge in [-0.15, -0.1) is 0 Å². The molecule has 0 radical (unpaired) electrons. The van der Waals surface area contributed by atoms with Gasteiger partial charge in [-0.25, -0.2) is 9.48 Å². The van der Waals surface area contributed by atoms with Gasteiger partial charge in [-0.1, -0.05) is 12.1 Å². The van der Waals surface area contributed by atoms with Crippen LogP contribution in [0.15, 0.2) is 63.9 Å². The van der Waals surface area contributed by atoms with E-state index in [2.05, 4.69) is 26.3 Å². The lowest BCUT2D eigenvalue weighted by molar-refractivity contribution is 0.216. The van der Waals surface area contributed by atoms with Crippen LogP contribution in [0.4, 0.5) is 10.5 Å². The quantitative estimate of drug-likeness (QED) is 0.753. The molecule has 0 unspecified atom stereocenters. The van der Waals surface area contributed by atoms with Crippen LogP contribution in [0.1, 0.15) is 5.76 Å². The Morgan fingerprint density at radius 3 is 2.83 bits per heavy atom. The molecular formula is C16H15BrN4O2. The highest BCUT2D eigenvalue weighted by atomic mass is 79.9. The SMILES string of the molecule is CN(Cc1ccc(Br)o1)C(=O)Nc1ccccc1-n1cccn1. The molecular weight excluding hydrogens is 360 g/mol. The molecule has 3 aromatic rings. The van der Waals surface area contributed by atoms with Crippen LogP contribution in [-0.2, 0) is 6.54 Å². The maximum Gasteiger partial charge on any atom is 0.322 e. The summed E-state index contributed by atoms with van der Waals surface area (Å²) in [5.74, 6) is 0.704. The molecule has 2 amide bonds. The number of nitrogens with one attached hydrogen (secondary N) is 1. The zero-order valence-electron chi connectivity index (χ0n) is 12.4. The number of rotatable bonds is 4. The molecule has 0 bridgehead atoms. The van der Waals surface area contributed by atoms with E-state index in [-0.39, 0.29) is 6.03 Å². The van der Waals surface area contributed by atoms with Gasteiger partial charge in [0.15, 0.2) is 4.67 Å². The van der Waals surface area contributed by atoms with Crippen LogP contribution in [0.5, 0.6) is 0 Å². The monoisotopic (exact) mass is 374 g/mol. The Morgan fingerprint density at radius 2 is 2.13 bits per heavy atom. The number of aromatic nitrogens is 2. The second-order valence-corrected chi connectivity index (χ2v) is 5.74. The van der Waals surface area contributed by atoms with Crippen molar-refractivity contribution in [2.45, 2.75) is 6.54 Å². The molecule has 0 spiro atoms. The molecule has 7 heteroatoms. The molecule has 0 saturated carbocycles. The van der Waals surface area contributed by atoms with Crippen molar-refractivity contribution in [2.24, 2.45) is 0 Å². The van der Waals surface area contributed by atoms with Gasteiger partial charge < -0.3 is 14.6 Å². The van der Waals surface area contributed by atoms with Crippen LogP contribution in [0, 0.1) is 0 Å². The molecule has 0 saturated heterocycles. The number of halogens is 1. The Kier molecular flexibility index (Phi) is 4.47. The summed E-state index contributed by atoms with van der Waals surface area (Å²) in [5.41, 5.74) is 1.49. The molecule has 1 N–H and O–H groups in total. The number of urea groups is 1. The lowest BCUT2D eigenvalue weighted by atomic mass is 10.2. The highest BCUT2D eigenvalue weighted by Gasteiger charge is 2.14. The van der Waals surface area contributed by atoms with E-state index in [0.717, 1.165) is 5.69 Å². The van der Waals surface area contributed by atoms with Gasteiger partial charge in [-0.2, -0.15) is 5.10 Å². The van der Waals surface area contributed by atoms with Crippen LogP contribution in [0.25, 0.3) is 5.69 Å². The number of hydrogen-bond acceptors (Lipinski definition) is 3. The van der Waals surface area contributed by atoms with Crippen LogP contribution >= 0.6 is 15.9 Å². The fraction of sp³-hybridized carbons (Fsp3) is 0.125. The Labute approximate surface area is 141 Å². The summed E-state index contributed by atoms with van der Waals surface area (Å²) in [6.07, 6.45) is 3.52. The van der Waals surface area contributed by atoms with Gasteiger partial charge in [-0.05, 0) is 46.3 Å². The van der Waals surface area contributed by atoms with Crippen molar-refractivity contribution in [3.05, 3.63) is 65.3 Å². The molecule has 0 aliphatic carbocycles. The predicted molar refractivity (Wildman–Crippen MR) is 90.5 cm³/mol. The first-order chi connectivity index (χ1) is 11.1. The van der Waals surface area contributed by atoms with Gasteiger partial charge in [0.1, 0.15) is 5.76 Å². The molecule has 118 valence electrons. The average molecular weight is 375 g/mol. The molecule has 2 heterocycles. The molecule has 23 heavy (non-hydrogen) atoms. The van der Waals surface area contributed by atoms with Crippen LogP contribution in [0.2, 0.25) is 0 Å². The number of furan rings is 1. The summed E-state index contributed by atoms with van der Waals surface area (Å²) < 4.78 is 7.77. The number of carbonyl (C=O) groups is 1. The van der Waals surface area contributed by atoms with E-state index in [1.807, 2.05) is 42.6 Å². The fourth-order valence-corrected chi connectivity index (χ4v) is 2.48.